The highest BCUT2D eigenvalue weighted by Crippen LogP contribution is 2.20. The number of carbonyl (C=O) groups is 1. The zero-order valence-electron chi connectivity index (χ0n) is 16.7. The second-order valence-electron chi connectivity index (χ2n) is 7.35. The molecule has 0 bridgehead atoms. The Kier molecular flexibility index (Phi) is 10.6. The summed E-state index contributed by atoms with van der Waals surface area (Å²) in [5.41, 5.74) is 0. The summed E-state index contributed by atoms with van der Waals surface area (Å²) in [5, 5.41) is 3.48. The fourth-order valence-corrected chi connectivity index (χ4v) is 3.95. The number of hydrogen-bond donors (Lipinski definition) is 1. The van der Waals surface area contributed by atoms with Gasteiger partial charge in [-0.3, -0.25) is 4.99 Å². The molecule has 1 amide bonds. The van der Waals surface area contributed by atoms with E-state index in [1.807, 2.05) is 14.0 Å². The van der Waals surface area contributed by atoms with Crippen LogP contribution in [0.1, 0.15) is 27.2 Å². The summed E-state index contributed by atoms with van der Waals surface area (Å²) in [6, 6.07) is 0. The highest BCUT2D eigenvalue weighted by Gasteiger charge is 2.24. The zero-order valence-corrected chi connectivity index (χ0v) is 19.1. The Labute approximate surface area is 175 Å². The summed E-state index contributed by atoms with van der Waals surface area (Å²) >= 11 is 0. The highest BCUT2D eigenvalue weighted by molar-refractivity contribution is 14.0. The van der Waals surface area contributed by atoms with E-state index in [0.29, 0.717) is 19.7 Å². The van der Waals surface area contributed by atoms with Crippen molar-refractivity contribution in [1.29, 1.82) is 0 Å². The van der Waals surface area contributed by atoms with Crippen molar-refractivity contribution in [3.8, 4) is 0 Å². The van der Waals surface area contributed by atoms with Gasteiger partial charge in [-0.25, -0.2) is 4.79 Å². The molecule has 2 unspecified atom stereocenters. The number of nitrogens with zero attached hydrogens (tertiary/aromatic N) is 4. The third kappa shape index (κ3) is 7.09. The van der Waals surface area contributed by atoms with Crippen LogP contribution in [-0.2, 0) is 4.74 Å². The first kappa shape index (κ1) is 23.3. The van der Waals surface area contributed by atoms with Crippen LogP contribution in [-0.4, -0.2) is 92.8 Å². The number of piperazine rings is 1. The van der Waals surface area contributed by atoms with Gasteiger partial charge < -0.3 is 24.8 Å². The van der Waals surface area contributed by atoms with E-state index in [4.69, 9.17) is 4.74 Å². The van der Waals surface area contributed by atoms with E-state index in [-0.39, 0.29) is 30.1 Å². The molecule has 2 saturated heterocycles. The number of halogens is 1. The van der Waals surface area contributed by atoms with Gasteiger partial charge in [0.15, 0.2) is 5.96 Å². The summed E-state index contributed by atoms with van der Waals surface area (Å²) in [7, 11) is 1.82. The molecule has 0 spiro atoms. The Morgan fingerprint density at radius 3 is 2.23 bits per heavy atom. The smallest absolute Gasteiger partial charge is 0.409 e. The molecule has 7 nitrogen and oxygen atoms in total. The second-order valence-corrected chi connectivity index (χ2v) is 7.35. The Bertz CT molecular complexity index is 445. The van der Waals surface area contributed by atoms with Crippen molar-refractivity contribution in [2.24, 2.45) is 16.8 Å². The molecule has 2 aliphatic heterocycles. The summed E-state index contributed by atoms with van der Waals surface area (Å²) < 4.78 is 5.07. The second kappa shape index (κ2) is 11.8. The number of nitrogens with one attached hydrogen (secondary N) is 1. The molecule has 0 radical (unpaired) electrons. The maximum atomic E-state index is 11.8. The third-order valence-electron chi connectivity index (χ3n) is 4.97. The van der Waals surface area contributed by atoms with E-state index >= 15 is 0 Å². The predicted molar refractivity (Wildman–Crippen MR) is 116 cm³/mol. The fraction of sp³-hybridized carbons (Fsp3) is 0.889. The minimum atomic E-state index is -0.210. The number of ether oxygens (including phenoxy) is 1. The number of aliphatic imine (C=N–C) groups is 1. The van der Waals surface area contributed by atoms with Gasteiger partial charge in [0.1, 0.15) is 0 Å². The monoisotopic (exact) mass is 481 g/mol. The van der Waals surface area contributed by atoms with Crippen LogP contribution in [0.3, 0.4) is 0 Å². The molecule has 2 aliphatic rings. The average Bonchev–Trinajstić information content (AvgIpc) is 2.58. The van der Waals surface area contributed by atoms with Crippen LogP contribution in [0.15, 0.2) is 4.99 Å². The largest absolute Gasteiger partial charge is 0.450 e. The lowest BCUT2D eigenvalue weighted by atomic mass is 9.92. The number of rotatable bonds is 4. The van der Waals surface area contributed by atoms with Gasteiger partial charge >= 0.3 is 6.09 Å². The Hall–Kier alpha value is -0.770. The molecule has 0 saturated carbocycles. The number of amides is 1. The number of likely N-dealkylation sites (tertiary alicyclic amines) is 1. The molecule has 0 aliphatic carbocycles. The van der Waals surface area contributed by atoms with Crippen molar-refractivity contribution in [3.05, 3.63) is 0 Å². The molecular weight excluding hydrogens is 445 g/mol. The topological polar surface area (TPSA) is 60.4 Å². The van der Waals surface area contributed by atoms with Gasteiger partial charge in [0.05, 0.1) is 6.61 Å². The van der Waals surface area contributed by atoms with Crippen LogP contribution in [0.5, 0.6) is 0 Å². The fourth-order valence-electron chi connectivity index (χ4n) is 3.95. The Morgan fingerprint density at radius 2 is 1.69 bits per heavy atom. The zero-order chi connectivity index (χ0) is 18.2. The lowest BCUT2D eigenvalue weighted by Crippen LogP contribution is -2.54. The quantitative estimate of drug-likeness (QED) is 0.378. The number of piperidine rings is 1. The Morgan fingerprint density at radius 1 is 1.12 bits per heavy atom. The van der Waals surface area contributed by atoms with Gasteiger partial charge in [0.2, 0.25) is 0 Å². The molecule has 26 heavy (non-hydrogen) atoms. The summed E-state index contributed by atoms with van der Waals surface area (Å²) in [5.74, 6) is 2.51. The van der Waals surface area contributed by atoms with E-state index < -0.39 is 0 Å². The van der Waals surface area contributed by atoms with Crippen molar-refractivity contribution in [3.63, 3.8) is 0 Å². The van der Waals surface area contributed by atoms with Gasteiger partial charge in [-0.2, -0.15) is 0 Å². The van der Waals surface area contributed by atoms with E-state index in [1.54, 1.807) is 4.90 Å². The highest BCUT2D eigenvalue weighted by atomic mass is 127. The molecular formula is C18H36IN5O2. The van der Waals surface area contributed by atoms with Crippen LogP contribution >= 0.6 is 24.0 Å². The van der Waals surface area contributed by atoms with Crippen molar-refractivity contribution in [1.82, 2.24) is 20.0 Å². The number of carbonyl (C=O) groups excluding carboxylic acids is 1. The molecule has 8 heteroatoms. The first-order chi connectivity index (χ1) is 12.0. The molecule has 2 atom stereocenters. The summed E-state index contributed by atoms with van der Waals surface area (Å²) in [6.07, 6.45) is 1.13. The standard InChI is InChI=1S/C18H35N5O2.HI/c1-5-25-18(24)23-10-8-22(9-11-23)17(19-4)20-6-7-21-13-15(2)12-16(3)14-21;/h15-16H,5-14H2,1-4H3,(H,19,20);1H. The van der Waals surface area contributed by atoms with Crippen molar-refractivity contribution in [2.45, 2.75) is 27.2 Å². The van der Waals surface area contributed by atoms with Gasteiger partial charge in [-0.15, -0.1) is 24.0 Å². The minimum absolute atomic E-state index is 0. The van der Waals surface area contributed by atoms with Crippen LogP contribution in [0.25, 0.3) is 0 Å². The first-order valence-corrected chi connectivity index (χ1v) is 9.63. The summed E-state index contributed by atoms with van der Waals surface area (Å²) in [6.45, 7) is 14.2. The molecule has 0 aromatic rings. The van der Waals surface area contributed by atoms with E-state index in [0.717, 1.165) is 44.0 Å². The third-order valence-corrected chi connectivity index (χ3v) is 4.97. The van der Waals surface area contributed by atoms with Crippen LogP contribution in [0.2, 0.25) is 0 Å². The molecule has 0 aromatic heterocycles. The van der Waals surface area contributed by atoms with Gasteiger partial charge in [0.25, 0.3) is 0 Å². The maximum Gasteiger partial charge on any atom is 0.409 e. The molecule has 0 aromatic carbocycles. The lowest BCUT2D eigenvalue weighted by molar-refractivity contribution is 0.0913. The molecule has 2 fully saturated rings. The average molecular weight is 481 g/mol. The molecule has 2 heterocycles. The SMILES string of the molecule is CCOC(=O)N1CCN(C(=NC)NCCN2CC(C)CC(C)C2)CC1.I. The maximum absolute atomic E-state index is 11.8. The summed E-state index contributed by atoms with van der Waals surface area (Å²) in [4.78, 5) is 22.7. The minimum Gasteiger partial charge on any atom is -0.450 e. The van der Waals surface area contributed by atoms with E-state index in [1.165, 1.54) is 19.5 Å². The van der Waals surface area contributed by atoms with Crippen LogP contribution < -0.4 is 5.32 Å². The van der Waals surface area contributed by atoms with Crippen molar-refractivity contribution < 1.29 is 9.53 Å². The first-order valence-electron chi connectivity index (χ1n) is 9.63. The Balaban J connectivity index is 0.00000338. The predicted octanol–water partition coefficient (Wildman–Crippen LogP) is 1.93. The number of guanidine groups is 1. The van der Waals surface area contributed by atoms with Crippen molar-refractivity contribution in [2.75, 3.05) is 66.0 Å². The van der Waals surface area contributed by atoms with Gasteiger partial charge in [-0.05, 0) is 25.2 Å². The van der Waals surface area contributed by atoms with Crippen LogP contribution in [0.4, 0.5) is 4.79 Å². The lowest BCUT2D eigenvalue weighted by Gasteiger charge is -2.37. The van der Waals surface area contributed by atoms with Gasteiger partial charge in [0, 0.05) is 59.4 Å². The molecule has 152 valence electrons. The van der Waals surface area contributed by atoms with E-state index in [9.17, 15) is 4.79 Å². The number of hydrogen-bond acceptors (Lipinski definition) is 4. The van der Waals surface area contributed by atoms with E-state index in [2.05, 4.69) is 34.0 Å². The molecule has 1 N–H and O–H groups in total. The molecule has 2 rings (SSSR count). The van der Waals surface area contributed by atoms with Crippen LogP contribution in [0, 0.1) is 11.8 Å². The van der Waals surface area contributed by atoms with Gasteiger partial charge in [-0.1, -0.05) is 13.8 Å². The normalized spacial score (nSPS) is 24.8. The van der Waals surface area contributed by atoms with Crippen molar-refractivity contribution >= 4 is 36.0 Å².